The summed E-state index contributed by atoms with van der Waals surface area (Å²) in [5, 5.41) is 13.1. The van der Waals surface area contributed by atoms with Crippen molar-refractivity contribution in [3.05, 3.63) is 81.9 Å². The van der Waals surface area contributed by atoms with Crippen LogP contribution in [0.4, 0.5) is 5.69 Å². The molecule has 0 saturated heterocycles. The first-order valence-corrected chi connectivity index (χ1v) is 9.72. The van der Waals surface area contributed by atoms with Crippen LogP contribution in [0.3, 0.4) is 0 Å². The zero-order chi connectivity index (χ0) is 19.7. The molecule has 2 aromatic carbocycles. The number of nitrogens with one attached hydrogen (secondary N) is 2. The Morgan fingerprint density at radius 3 is 2.37 bits per heavy atom. The molecule has 2 rings (SSSR count). The van der Waals surface area contributed by atoms with Gasteiger partial charge in [0.1, 0.15) is 0 Å². The molecule has 0 aliphatic heterocycles. The molecule has 0 unspecified atom stereocenters. The Hall–Kier alpha value is -3.04. The highest BCUT2D eigenvalue weighted by Gasteiger charge is 2.10. The third-order valence-corrected chi connectivity index (χ3v) is 4.87. The molecular formula is C18H19N3O5S. The maximum atomic E-state index is 11.9. The summed E-state index contributed by atoms with van der Waals surface area (Å²) in [6.07, 6.45) is 2.73. The first-order valence-electron chi connectivity index (χ1n) is 8.07. The van der Waals surface area contributed by atoms with E-state index in [1.165, 1.54) is 36.4 Å². The van der Waals surface area contributed by atoms with Crippen LogP contribution in [0.2, 0.25) is 0 Å². The van der Waals surface area contributed by atoms with Gasteiger partial charge in [-0.3, -0.25) is 14.9 Å². The number of hydrogen-bond acceptors (Lipinski definition) is 5. The van der Waals surface area contributed by atoms with E-state index in [1.807, 2.05) is 30.3 Å². The molecule has 2 aromatic rings. The van der Waals surface area contributed by atoms with Crippen LogP contribution in [0.25, 0.3) is 6.08 Å². The normalized spacial score (nSPS) is 11.4. The summed E-state index contributed by atoms with van der Waals surface area (Å²) in [7, 11) is -3.51. The molecule has 0 aliphatic rings. The highest BCUT2D eigenvalue weighted by molar-refractivity contribution is 7.89. The van der Waals surface area contributed by atoms with Crippen LogP contribution >= 0.6 is 0 Å². The van der Waals surface area contributed by atoms with E-state index in [0.717, 1.165) is 5.56 Å². The van der Waals surface area contributed by atoms with Crippen LogP contribution in [0, 0.1) is 10.1 Å². The molecule has 1 amide bonds. The van der Waals surface area contributed by atoms with E-state index in [9.17, 15) is 23.3 Å². The van der Waals surface area contributed by atoms with Crippen LogP contribution in [0.15, 0.2) is 60.7 Å². The Labute approximate surface area is 157 Å². The van der Waals surface area contributed by atoms with Gasteiger partial charge in [0, 0.05) is 31.3 Å². The number of nitro groups is 1. The molecule has 0 bridgehead atoms. The van der Waals surface area contributed by atoms with E-state index in [2.05, 4.69) is 10.0 Å². The molecule has 142 valence electrons. The van der Waals surface area contributed by atoms with Crippen molar-refractivity contribution in [1.82, 2.24) is 10.0 Å². The van der Waals surface area contributed by atoms with Crippen molar-refractivity contribution in [2.45, 2.75) is 6.54 Å². The molecule has 0 aliphatic carbocycles. The van der Waals surface area contributed by atoms with Gasteiger partial charge in [0.15, 0.2) is 0 Å². The van der Waals surface area contributed by atoms with Crippen LogP contribution < -0.4 is 10.0 Å². The summed E-state index contributed by atoms with van der Waals surface area (Å²) in [5.41, 5.74) is 1.42. The molecule has 0 radical (unpaired) electrons. The molecular weight excluding hydrogens is 370 g/mol. The third kappa shape index (κ3) is 7.38. The van der Waals surface area contributed by atoms with Gasteiger partial charge in [0.25, 0.3) is 5.69 Å². The number of non-ortho nitro benzene ring substituents is 1. The zero-order valence-electron chi connectivity index (χ0n) is 14.4. The van der Waals surface area contributed by atoms with Crippen LogP contribution in [0.5, 0.6) is 0 Å². The second kappa shape index (κ2) is 9.60. The Morgan fingerprint density at radius 2 is 1.74 bits per heavy atom. The monoisotopic (exact) mass is 389 g/mol. The van der Waals surface area contributed by atoms with Gasteiger partial charge >= 0.3 is 0 Å². The average Bonchev–Trinajstić information content (AvgIpc) is 2.66. The predicted molar refractivity (Wildman–Crippen MR) is 102 cm³/mol. The van der Waals surface area contributed by atoms with Crippen molar-refractivity contribution < 1.29 is 18.1 Å². The lowest BCUT2D eigenvalue weighted by atomic mass is 10.2. The van der Waals surface area contributed by atoms with Crippen LogP contribution in [-0.4, -0.2) is 31.5 Å². The van der Waals surface area contributed by atoms with Gasteiger partial charge in [-0.15, -0.1) is 0 Å². The first kappa shape index (κ1) is 20.3. The molecule has 27 heavy (non-hydrogen) atoms. The Bertz CT molecular complexity index is 910. The van der Waals surface area contributed by atoms with E-state index in [0.29, 0.717) is 5.56 Å². The van der Waals surface area contributed by atoms with Gasteiger partial charge in [0.05, 0.1) is 10.7 Å². The van der Waals surface area contributed by atoms with Crippen molar-refractivity contribution in [2.24, 2.45) is 0 Å². The van der Waals surface area contributed by atoms with Crippen molar-refractivity contribution in [1.29, 1.82) is 0 Å². The number of rotatable bonds is 9. The number of benzene rings is 2. The number of amides is 1. The first-order chi connectivity index (χ1) is 12.9. The number of hydrogen-bond donors (Lipinski definition) is 2. The molecule has 0 saturated carbocycles. The van der Waals surface area contributed by atoms with Gasteiger partial charge in [-0.2, -0.15) is 0 Å². The van der Waals surface area contributed by atoms with E-state index in [4.69, 9.17) is 0 Å². The summed E-state index contributed by atoms with van der Waals surface area (Å²) < 4.78 is 26.3. The number of nitrogens with zero attached hydrogens (tertiary/aromatic N) is 1. The quantitative estimate of drug-likeness (QED) is 0.385. The minimum Gasteiger partial charge on any atom is -0.351 e. The summed E-state index contributed by atoms with van der Waals surface area (Å²) in [5.74, 6) is -0.691. The van der Waals surface area contributed by atoms with Gasteiger partial charge < -0.3 is 5.32 Å². The minimum absolute atomic E-state index is 0.0342. The fraction of sp³-hybridized carbons (Fsp3) is 0.167. The molecule has 0 aromatic heterocycles. The van der Waals surface area contributed by atoms with Crippen molar-refractivity contribution in [3.8, 4) is 0 Å². The molecule has 0 spiro atoms. The average molecular weight is 389 g/mol. The molecule has 0 atom stereocenters. The lowest BCUT2D eigenvalue weighted by molar-refractivity contribution is -0.384. The molecule has 9 heteroatoms. The minimum atomic E-state index is -3.51. The zero-order valence-corrected chi connectivity index (χ0v) is 15.2. The van der Waals surface area contributed by atoms with Crippen LogP contribution in [0.1, 0.15) is 11.1 Å². The summed E-state index contributed by atoms with van der Waals surface area (Å²) in [6.45, 7) is 0.157. The van der Waals surface area contributed by atoms with E-state index in [1.54, 1.807) is 0 Å². The number of carbonyl (C=O) groups excluding carboxylic acids is 1. The smallest absolute Gasteiger partial charge is 0.269 e. The van der Waals surface area contributed by atoms with Crippen molar-refractivity contribution in [3.63, 3.8) is 0 Å². The maximum absolute atomic E-state index is 11.9. The molecule has 2 N–H and O–H groups in total. The van der Waals surface area contributed by atoms with Gasteiger partial charge in [0.2, 0.25) is 15.9 Å². The fourth-order valence-corrected chi connectivity index (χ4v) is 3.01. The summed E-state index contributed by atoms with van der Waals surface area (Å²) in [6, 6.07) is 14.8. The third-order valence-electron chi connectivity index (χ3n) is 3.54. The molecule has 0 heterocycles. The molecule has 0 fully saturated rings. The largest absolute Gasteiger partial charge is 0.351 e. The number of sulfonamides is 1. The van der Waals surface area contributed by atoms with Gasteiger partial charge in [-0.25, -0.2) is 13.1 Å². The summed E-state index contributed by atoms with van der Waals surface area (Å²) in [4.78, 5) is 21.8. The van der Waals surface area contributed by atoms with Crippen molar-refractivity contribution in [2.75, 3.05) is 12.3 Å². The molecule has 8 nitrogen and oxygen atoms in total. The predicted octanol–water partition coefficient (Wildman–Crippen LogP) is 1.84. The Balaban J connectivity index is 1.75. The fourth-order valence-electron chi connectivity index (χ4n) is 2.11. The number of carbonyl (C=O) groups is 1. The Morgan fingerprint density at radius 1 is 1.07 bits per heavy atom. The second-order valence-electron chi connectivity index (χ2n) is 5.60. The van der Waals surface area contributed by atoms with E-state index < -0.39 is 20.9 Å². The lowest BCUT2D eigenvalue weighted by Crippen LogP contribution is -2.33. The maximum Gasteiger partial charge on any atom is 0.269 e. The SMILES string of the molecule is O=C(/C=C/c1ccc([N+](=O)[O-])cc1)NCCS(=O)(=O)NCc1ccccc1. The van der Waals surface area contributed by atoms with Crippen molar-refractivity contribution >= 4 is 27.7 Å². The topological polar surface area (TPSA) is 118 Å². The van der Waals surface area contributed by atoms with Gasteiger partial charge in [-0.05, 0) is 29.3 Å². The second-order valence-corrected chi connectivity index (χ2v) is 7.53. The Kier molecular flexibility index (Phi) is 7.21. The highest BCUT2D eigenvalue weighted by Crippen LogP contribution is 2.12. The number of nitro benzene ring substituents is 1. The lowest BCUT2D eigenvalue weighted by Gasteiger charge is -2.07. The van der Waals surface area contributed by atoms with E-state index >= 15 is 0 Å². The summed E-state index contributed by atoms with van der Waals surface area (Å²) >= 11 is 0. The van der Waals surface area contributed by atoms with E-state index in [-0.39, 0.29) is 24.5 Å². The van der Waals surface area contributed by atoms with Gasteiger partial charge in [-0.1, -0.05) is 30.3 Å². The highest BCUT2D eigenvalue weighted by atomic mass is 32.2. The van der Waals surface area contributed by atoms with Crippen LogP contribution in [-0.2, 0) is 21.4 Å². The standard InChI is InChI=1S/C18H19N3O5S/c22-18(11-8-15-6-9-17(10-7-15)21(23)24)19-12-13-27(25,26)20-14-16-4-2-1-3-5-16/h1-11,20H,12-14H2,(H,19,22)/b11-8+.